The summed E-state index contributed by atoms with van der Waals surface area (Å²) in [5, 5.41) is 3.50. The Balaban J connectivity index is 2.47. The average molecular weight is 299 g/mol. The summed E-state index contributed by atoms with van der Waals surface area (Å²) in [6.07, 6.45) is 5.15. The molecule has 0 aliphatic heterocycles. The summed E-state index contributed by atoms with van der Waals surface area (Å²) >= 11 is 3.53. The number of rotatable bonds is 7. The normalized spacial score (nSPS) is 12.4. The third kappa shape index (κ3) is 4.99. The molecule has 17 heavy (non-hydrogen) atoms. The van der Waals surface area contributed by atoms with Gasteiger partial charge in [-0.1, -0.05) is 33.1 Å². The number of nitrogens with two attached hydrogens (primary N) is 1. The molecule has 1 unspecified atom stereocenters. The summed E-state index contributed by atoms with van der Waals surface area (Å²) in [4.78, 5) is 0. The van der Waals surface area contributed by atoms with Crippen LogP contribution in [-0.4, -0.2) is 6.54 Å². The molecule has 0 aromatic heterocycles. The minimum Gasteiger partial charge on any atom is -0.399 e. The third-order valence-corrected chi connectivity index (χ3v) is 3.77. The minimum absolute atomic E-state index is 0.763. The molecular weight excluding hydrogens is 276 g/mol. The quantitative estimate of drug-likeness (QED) is 0.719. The van der Waals surface area contributed by atoms with Gasteiger partial charge in [0.1, 0.15) is 0 Å². The molecule has 0 fully saturated rings. The zero-order chi connectivity index (χ0) is 12.7. The second-order valence-electron chi connectivity index (χ2n) is 4.54. The zero-order valence-electron chi connectivity index (χ0n) is 10.8. The molecule has 2 nitrogen and oxygen atoms in total. The Morgan fingerprint density at radius 3 is 2.71 bits per heavy atom. The molecule has 0 bridgehead atoms. The molecule has 0 heterocycles. The zero-order valence-corrected chi connectivity index (χ0v) is 12.4. The smallest absolute Gasteiger partial charge is 0.0486 e. The summed E-state index contributed by atoms with van der Waals surface area (Å²) in [6.45, 7) is 5.55. The molecule has 0 saturated carbocycles. The molecule has 0 aliphatic rings. The van der Waals surface area contributed by atoms with Crippen LogP contribution in [0.2, 0.25) is 0 Å². The van der Waals surface area contributed by atoms with Crippen LogP contribution >= 0.6 is 15.9 Å². The lowest BCUT2D eigenvalue weighted by Crippen LogP contribution is -2.14. The highest BCUT2D eigenvalue weighted by Crippen LogP contribution is 2.25. The Kier molecular flexibility index (Phi) is 6.41. The van der Waals surface area contributed by atoms with Crippen LogP contribution in [0.25, 0.3) is 0 Å². The number of nitrogen functional groups attached to an aromatic ring is 1. The van der Waals surface area contributed by atoms with Gasteiger partial charge in [-0.15, -0.1) is 0 Å². The first-order chi connectivity index (χ1) is 8.17. The van der Waals surface area contributed by atoms with E-state index >= 15 is 0 Å². The molecule has 0 aliphatic carbocycles. The Morgan fingerprint density at radius 2 is 2.12 bits per heavy atom. The average Bonchev–Trinajstić information content (AvgIpc) is 2.31. The van der Waals surface area contributed by atoms with E-state index in [9.17, 15) is 0 Å². The monoisotopic (exact) mass is 298 g/mol. The van der Waals surface area contributed by atoms with Crippen molar-refractivity contribution in [2.45, 2.75) is 39.5 Å². The van der Waals surface area contributed by atoms with E-state index in [1.165, 1.54) is 25.7 Å². The summed E-state index contributed by atoms with van der Waals surface area (Å²) in [5.41, 5.74) is 7.64. The predicted octanol–water partition coefficient (Wildman–Crippen LogP) is 4.66. The molecule has 3 N–H and O–H groups in total. The highest BCUT2D eigenvalue weighted by atomic mass is 79.9. The van der Waals surface area contributed by atoms with E-state index in [1.807, 2.05) is 18.2 Å². The van der Waals surface area contributed by atoms with Crippen molar-refractivity contribution in [1.82, 2.24) is 0 Å². The van der Waals surface area contributed by atoms with Crippen LogP contribution in [0.1, 0.15) is 39.5 Å². The number of benzene rings is 1. The van der Waals surface area contributed by atoms with Crippen molar-refractivity contribution in [3.63, 3.8) is 0 Å². The molecule has 0 amide bonds. The Morgan fingerprint density at radius 1 is 1.35 bits per heavy atom. The summed E-state index contributed by atoms with van der Waals surface area (Å²) in [6, 6.07) is 5.90. The lowest BCUT2D eigenvalue weighted by molar-refractivity contribution is 0.473. The van der Waals surface area contributed by atoms with Crippen molar-refractivity contribution in [2.75, 3.05) is 17.6 Å². The fraction of sp³-hybridized carbons (Fsp3) is 0.571. The van der Waals surface area contributed by atoms with E-state index in [2.05, 4.69) is 35.1 Å². The topological polar surface area (TPSA) is 38.0 Å². The molecule has 1 aromatic rings. The third-order valence-electron chi connectivity index (χ3n) is 3.12. The highest BCUT2D eigenvalue weighted by molar-refractivity contribution is 9.10. The molecule has 96 valence electrons. The Bertz CT molecular complexity index is 339. The lowest BCUT2D eigenvalue weighted by atomic mass is 9.99. The van der Waals surface area contributed by atoms with Crippen LogP contribution in [0.4, 0.5) is 11.4 Å². The number of nitrogens with one attached hydrogen (secondary N) is 1. The number of unbranched alkanes of at least 4 members (excludes halogenated alkanes) is 1. The maximum Gasteiger partial charge on any atom is 0.0486 e. The minimum atomic E-state index is 0.763. The van der Waals surface area contributed by atoms with Crippen molar-refractivity contribution < 1.29 is 0 Å². The van der Waals surface area contributed by atoms with Gasteiger partial charge >= 0.3 is 0 Å². The molecule has 3 heteroatoms. The maximum atomic E-state index is 5.72. The first kappa shape index (κ1) is 14.4. The van der Waals surface area contributed by atoms with Gasteiger partial charge in [-0.05, 0) is 46.5 Å². The van der Waals surface area contributed by atoms with Gasteiger partial charge in [0.25, 0.3) is 0 Å². The van der Waals surface area contributed by atoms with E-state index in [4.69, 9.17) is 5.73 Å². The molecule has 1 atom stereocenters. The highest BCUT2D eigenvalue weighted by Gasteiger charge is 2.06. The Labute approximate surface area is 113 Å². The fourth-order valence-corrected chi connectivity index (χ4v) is 2.41. The van der Waals surface area contributed by atoms with Crippen LogP contribution < -0.4 is 11.1 Å². The van der Waals surface area contributed by atoms with Gasteiger partial charge in [-0.3, -0.25) is 0 Å². The van der Waals surface area contributed by atoms with E-state index in [1.54, 1.807) is 0 Å². The van der Waals surface area contributed by atoms with Gasteiger partial charge in [0.15, 0.2) is 0 Å². The van der Waals surface area contributed by atoms with E-state index in [-0.39, 0.29) is 0 Å². The van der Waals surface area contributed by atoms with Crippen LogP contribution in [0.5, 0.6) is 0 Å². The largest absolute Gasteiger partial charge is 0.399 e. The van der Waals surface area contributed by atoms with Crippen molar-refractivity contribution in [3.05, 3.63) is 22.7 Å². The van der Waals surface area contributed by atoms with Gasteiger partial charge in [-0.2, -0.15) is 0 Å². The van der Waals surface area contributed by atoms with Crippen LogP contribution in [0, 0.1) is 5.92 Å². The Hall–Kier alpha value is -0.700. The summed E-state index contributed by atoms with van der Waals surface area (Å²) in [7, 11) is 0. The van der Waals surface area contributed by atoms with Gasteiger partial charge in [0, 0.05) is 22.4 Å². The van der Waals surface area contributed by atoms with Gasteiger partial charge in [0.05, 0.1) is 0 Å². The lowest BCUT2D eigenvalue weighted by Gasteiger charge is -2.17. The molecule has 1 rings (SSSR count). The predicted molar refractivity (Wildman–Crippen MR) is 80.4 cm³/mol. The second-order valence-corrected chi connectivity index (χ2v) is 5.39. The molecule has 1 aromatic carbocycles. The van der Waals surface area contributed by atoms with Crippen LogP contribution in [0.15, 0.2) is 22.7 Å². The first-order valence-corrected chi connectivity index (χ1v) is 7.25. The van der Waals surface area contributed by atoms with Crippen molar-refractivity contribution >= 4 is 27.3 Å². The van der Waals surface area contributed by atoms with Gasteiger partial charge in [0.2, 0.25) is 0 Å². The number of hydrogen-bond donors (Lipinski definition) is 2. The number of hydrogen-bond acceptors (Lipinski definition) is 2. The van der Waals surface area contributed by atoms with Crippen molar-refractivity contribution in [2.24, 2.45) is 5.92 Å². The van der Waals surface area contributed by atoms with E-state index in [0.29, 0.717) is 0 Å². The van der Waals surface area contributed by atoms with Gasteiger partial charge in [-0.25, -0.2) is 0 Å². The van der Waals surface area contributed by atoms with Crippen molar-refractivity contribution in [3.8, 4) is 0 Å². The molecule has 0 spiro atoms. The fourth-order valence-electron chi connectivity index (χ4n) is 1.87. The molecule has 0 radical (unpaired) electrons. The van der Waals surface area contributed by atoms with Gasteiger partial charge < -0.3 is 11.1 Å². The first-order valence-electron chi connectivity index (χ1n) is 6.46. The molecule has 0 saturated heterocycles. The number of anilines is 2. The van der Waals surface area contributed by atoms with E-state index in [0.717, 1.165) is 28.3 Å². The maximum absolute atomic E-state index is 5.72. The van der Waals surface area contributed by atoms with E-state index < -0.39 is 0 Å². The van der Waals surface area contributed by atoms with Crippen molar-refractivity contribution in [1.29, 1.82) is 0 Å². The van der Waals surface area contributed by atoms with Crippen LogP contribution in [0.3, 0.4) is 0 Å². The summed E-state index contributed by atoms with van der Waals surface area (Å²) < 4.78 is 1.04. The SMILES string of the molecule is CCCCC(CC)CNc1ccc(N)cc1Br. The second kappa shape index (κ2) is 7.59. The number of halogens is 1. The molecular formula is C14H23BrN2. The standard InChI is InChI=1S/C14H23BrN2/c1-3-5-6-11(4-2)10-17-14-8-7-12(16)9-13(14)15/h7-9,11,17H,3-6,10,16H2,1-2H3. The summed E-state index contributed by atoms with van der Waals surface area (Å²) in [5.74, 6) is 0.763. The van der Waals surface area contributed by atoms with Crippen LogP contribution in [-0.2, 0) is 0 Å².